The quantitative estimate of drug-likeness (QED) is 0.902. The van der Waals surface area contributed by atoms with Crippen LogP contribution in [0.25, 0.3) is 0 Å². The second-order valence-corrected chi connectivity index (χ2v) is 5.97. The van der Waals surface area contributed by atoms with E-state index in [1.807, 2.05) is 4.90 Å². The van der Waals surface area contributed by atoms with E-state index >= 15 is 0 Å². The SMILES string of the molecule is CCC1CN(C(C(=O)O)c2c(F)cccc2Cl)CCN1CC. The molecule has 0 bridgehead atoms. The summed E-state index contributed by atoms with van der Waals surface area (Å²) in [6, 6.07) is 3.53. The molecule has 0 saturated carbocycles. The fourth-order valence-corrected chi connectivity index (χ4v) is 3.46. The largest absolute Gasteiger partial charge is 0.480 e. The minimum Gasteiger partial charge on any atom is -0.480 e. The molecule has 0 spiro atoms. The molecule has 2 atom stereocenters. The number of aliphatic carboxylic acids is 1. The molecule has 6 heteroatoms. The predicted molar refractivity (Wildman–Crippen MR) is 84.7 cm³/mol. The lowest BCUT2D eigenvalue weighted by Crippen LogP contribution is -2.54. The summed E-state index contributed by atoms with van der Waals surface area (Å²) in [5.74, 6) is -1.63. The van der Waals surface area contributed by atoms with Gasteiger partial charge in [-0.15, -0.1) is 0 Å². The monoisotopic (exact) mass is 328 g/mol. The zero-order valence-electron chi connectivity index (χ0n) is 12.9. The number of likely N-dealkylation sites (N-methyl/N-ethyl adjacent to an activating group) is 1. The third-order valence-corrected chi connectivity index (χ3v) is 4.72. The van der Waals surface area contributed by atoms with E-state index in [9.17, 15) is 14.3 Å². The van der Waals surface area contributed by atoms with Crippen molar-refractivity contribution in [3.63, 3.8) is 0 Å². The van der Waals surface area contributed by atoms with Crippen LogP contribution in [0.1, 0.15) is 31.9 Å². The fourth-order valence-electron chi connectivity index (χ4n) is 3.19. The van der Waals surface area contributed by atoms with Crippen LogP contribution in [-0.2, 0) is 4.79 Å². The van der Waals surface area contributed by atoms with Crippen molar-refractivity contribution in [3.8, 4) is 0 Å². The van der Waals surface area contributed by atoms with E-state index in [2.05, 4.69) is 18.7 Å². The van der Waals surface area contributed by atoms with Gasteiger partial charge in [0.15, 0.2) is 0 Å². The highest BCUT2D eigenvalue weighted by Gasteiger charge is 2.36. The highest BCUT2D eigenvalue weighted by atomic mass is 35.5. The number of piperazine rings is 1. The molecule has 0 aromatic heterocycles. The Bertz CT molecular complexity index is 521. The van der Waals surface area contributed by atoms with Crippen molar-refractivity contribution in [1.82, 2.24) is 9.80 Å². The van der Waals surface area contributed by atoms with Gasteiger partial charge >= 0.3 is 5.97 Å². The highest BCUT2D eigenvalue weighted by Crippen LogP contribution is 2.32. The summed E-state index contributed by atoms with van der Waals surface area (Å²) in [6.45, 7) is 7.09. The molecule has 0 amide bonds. The number of nitrogens with zero attached hydrogens (tertiary/aromatic N) is 2. The maximum atomic E-state index is 14.2. The van der Waals surface area contributed by atoms with E-state index in [0.717, 1.165) is 19.5 Å². The minimum atomic E-state index is -1.06. The smallest absolute Gasteiger partial charge is 0.325 e. The van der Waals surface area contributed by atoms with Gasteiger partial charge in [-0.1, -0.05) is 31.5 Å². The van der Waals surface area contributed by atoms with E-state index in [1.165, 1.54) is 18.2 Å². The first-order valence-electron chi connectivity index (χ1n) is 7.64. The van der Waals surface area contributed by atoms with Crippen molar-refractivity contribution in [1.29, 1.82) is 0 Å². The predicted octanol–water partition coefficient (Wildman–Crippen LogP) is 3.02. The van der Waals surface area contributed by atoms with Crippen LogP contribution in [0.2, 0.25) is 5.02 Å². The maximum Gasteiger partial charge on any atom is 0.325 e. The summed E-state index contributed by atoms with van der Waals surface area (Å²) in [4.78, 5) is 15.9. The Labute approximate surface area is 135 Å². The Kier molecular flexibility index (Phi) is 5.78. The van der Waals surface area contributed by atoms with Crippen LogP contribution < -0.4 is 0 Å². The van der Waals surface area contributed by atoms with Crippen molar-refractivity contribution in [3.05, 3.63) is 34.6 Å². The second kappa shape index (κ2) is 7.40. The van der Waals surface area contributed by atoms with Gasteiger partial charge in [0.25, 0.3) is 0 Å². The third kappa shape index (κ3) is 3.42. The number of halogens is 2. The molecule has 1 aliphatic rings. The number of hydrogen-bond donors (Lipinski definition) is 1. The van der Waals surface area contributed by atoms with Crippen LogP contribution in [-0.4, -0.2) is 53.1 Å². The van der Waals surface area contributed by atoms with Crippen molar-refractivity contribution in [2.24, 2.45) is 0 Å². The van der Waals surface area contributed by atoms with Gasteiger partial charge in [0, 0.05) is 36.3 Å². The number of carboxylic acid groups (broad SMARTS) is 1. The second-order valence-electron chi connectivity index (χ2n) is 5.56. The van der Waals surface area contributed by atoms with Crippen LogP contribution in [0, 0.1) is 5.82 Å². The average molecular weight is 329 g/mol. The summed E-state index contributed by atoms with van der Waals surface area (Å²) in [7, 11) is 0. The molecule has 1 aromatic rings. The van der Waals surface area contributed by atoms with E-state index in [4.69, 9.17) is 11.6 Å². The van der Waals surface area contributed by atoms with Gasteiger partial charge in [0.2, 0.25) is 0 Å². The Morgan fingerprint density at radius 3 is 2.73 bits per heavy atom. The molecular formula is C16H22ClFN2O2. The van der Waals surface area contributed by atoms with Crippen LogP contribution in [0.4, 0.5) is 4.39 Å². The van der Waals surface area contributed by atoms with Gasteiger partial charge in [0.05, 0.1) is 0 Å². The lowest BCUT2D eigenvalue weighted by atomic mass is 10.0. The molecule has 122 valence electrons. The summed E-state index contributed by atoms with van der Waals surface area (Å²) < 4.78 is 14.2. The molecular weight excluding hydrogens is 307 g/mol. The zero-order valence-corrected chi connectivity index (χ0v) is 13.7. The molecule has 4 nitrogen and oxygen atoms in total. The highest BCUT2D eigenvalue weighted by molar-refractivity contribution is 6.31. The number of rotatable bonds is 5. The number of benzene rings is 1. The van der Waals surface area contributed by atoms with Gasteiger partial charge in [0.1, 0.15) is 11.9 Å². The first-order chi connectivity index (χ1) is 10.5. The standard InChI is InChI=1S/C16H22ClFN2O2/c1-3-11-10-20(9-8-19(11)4-2)15(16(21)22)14-12(17)6-5-7-13(14)18/h5-7,11,15H,3-4,8-10H2,1-2H3,(H,21,22). The first kappa shape index (κ1) is 17.2. The first-order valence-corrected chi connectivity index (χ1v) is 8.02. The Morgan fingerprint density at radius 2 is 2.18 bits per heavy atom. The van der Waals surface area contributed by atoms with E-state index in [0.29, 0.717) is 13.1 Å². The zero-order chi connectivity index (χ0) is 16.3. The molecule has 2 rings (SSSR count). The van der Waals surface area contributed by atoms with E-state index in [1.54, 1.807) is 0 Å². The molecule has 2 unspecified atom stereocenters. The molecule has 1 saturated heterocycles. The molecule has 0 radical (unpaired) electrons. The maximum absolute atomic E-state index is 14.2. The fraction of sp³-hybridized carbons (Fsp3) is 0.562. The number of carboxylic acids is 1. The molecule has 1 fully saturated rings. The summed E-state index contributed by atoms with van der Waals surface area (Å²) in [6.07, 6.45) is 0.932. The normalized spacial score (nSPS) is 21.7. The van der Waals surface area contributed by atoms with E-state index in [-0.39, 0.29) is 16.6 Å². The van der Waals surface area contributed by atoms with Gasteiger partial charge in [-0.3, -0.25) is 14.6 Å². The number of hydrogen-bond acceptors (Lipinski definition) is 3. The topological polar surface area (TPSA) is 43.8 Å². The lowest BCUT2D eigenvalue weighted by Gasteiger charge is -2.43. The van der Waals surface area contributed by atoms with Gasteiger partial charge < -0.3 is 5.11 Å². The minimum absolute atomic E-state index is 0.0662. The molecule has 22 heavy (non-hydrogen) atoms. The van der Waals surface area contributed by atoms with Gasteiger partial charge in [-0.05, 0) is 25.1 Å². The summed E-state index contributed by atoms with van der Waals surface area (Å²) in [5.41, 5.74) is 0.0662. The lowest BCUT2D eigenvalue weighted by molar-refractivity contribution is -0.145. The Morgan fingerprint density at radius 1 is 1.45 bits per heavy atom. The van der Waals surface area contributed by atoms with Crippen LogP contribution in [0.3, 0.4) is 0 Å². The van der Waals surface area contributed by atoms with Crippen molar-refractivity contribution < 1.29 is 14.3 Å². The summed E-state index contributed by atoms with van der Waals surface area (Å²) >= 11 is 6.07. The number of carbonyl (C=O) groups is 1. The Balaban J connectivity index is 2.32. The van der Waals surface area contributed by atoms with Gasteiger partial charge in [-0.25, -0.2) is 4.39 Å². The average Bonchev–Trinajstić information content (AvgIpc) is 2.50. The molecule has 1 heterocycles. The molecule has 0 aliphatic carbocycles. The van der Waals surface area contributed by atoms with E-state index < -0.39 is 17.8 Å². The third-order valence-electron chi connectivity index (χ3n) is 4.39. The van der Waals surface area contributed by atoms with Crippen LogP contribution >= 0.6 is 11.6 Å². The van der Waals surface area contributed by atoms with Crippen molar-refractivity contribution in [2.75, 3.05) is 26.2 Å². The molecule has 1 N–H and O–H groups in total. The van der Waals surface area contributed by atoms with Crippen molar-refractivity contribution >= 4 is 17.6 Å². The Hall–Kier alpha value is -1.17. The molecule has 1 aromatic carbocycles. The van der Waals surface area contributed by atoms with Crippen LogP contribution in [0.15, 0.2) is 18.2 Å². The van der Waals surface area contributed by atoms with Crippen molar-refractivity contribution in [2.45, 2.75) is 32.4 Å². The van der Waals surface area contributed by atoms with Gasteiger partial charge in [-0.2, -0.15) is 0 Å². The van der Waals surface area contributed by atoms with Crippen LogP contribution in [0.5, 0.6) is 0 Å². The summed E-state index contributed by atoms with van der Waals surface area (Å²) in [5, 5.41) is 9.79. The molecule has 1 aliphatic heterocycles.